The van der Waals surface area contributed by atoms with Gasteiger partial charge in [-0.05, 0) is 66.2 Å². The van der Waals surface area contributed by atoms with Crippen molar-refractivity contribution >= 4 is 38.4 Å². The van der Waals surface area contributed by atoms with Crippen molar-refractivity contribution < 1.29 is 4.79 Å². The minimum absolute atomic E-state index is 0.116. The Balaban J connectivity index is 1.77. The van der Waals surface area contributed by atoms with Gasteiger partial charge in [0, 0.05) is 4.47 Å². The number of anilines is 1. The fourth-order valence-electron chi connectivity index (χ4n) is 3.05. The molecule has 3 rings (SSSR count). The number of H-pyrrole nitrogens is 1. The molecule has 0 aliphatic heterocycles. The number of hydrogen-bond donors (Lipinski definition) is 2. The molecule has 0 aliphatic rings. The number of carbonyl (C=O) groups is 1. The highest BCUT2D eigenvalue weighted by atomic mass is 79.9. The average Bonchev–Trinajstić information content (AvgIpc) is 2.67. The summed E-state index contributed by atoms with van der Waals surface area (Å²) in [4.78, 5) is 34.4. The second-order valence-electron chi connectivity index (χ2n) is 6.74. The number of para-hydroxylation sites is 1. The first-order chi connectivity index (χ1) is 13.4. The number of halogens is 1. The van der Waals surface area contributed by atoms with Crippen LogP contribution in [-0.4, -0.2) is 33.4 Å². The van der Waals surface area contributed by atoms with Crippen molar-refractivity contribution in [2.24, 2.45) is 0 Å². The first kappa shape index (κ1) is 20.2. The molecule has 28 heavy (non-hydrogen) atoms. The molecule has 0 aliphatic carbocycles. The quantitative estimate of drug-likeness (QED) is 0.607. The lowest BCUT2D eigenvalue weighted by atomic mass is 10.2. The number of fused-ring (bicyclic) bond motifs is 1. The first-order valence-electron chi connectivity index (χ1n) is 9.18. The van der Waals surface area contributed by atoms with E-state index in [0.29, 0.717) is 29.8 Å². The summed E-state index contributed by atoms with van der Waals surface area (Å²) in [5.41, 5.74) is 2.32. The minimum atomic E-state index is -0.394. The number of nitrogens with zero attached hydrogens (tertiary/aromatic N) is 2. The molecule has 0 bridgehead atoms. The third-order valence-corrected chi connectivity index (χ3v) is 5.39. The van der Waals surface area contributed by atoms with Crippen LogP contribution in [0.25, 0.3) is 10.9 Å². The van der Waals surface area contributed by atoms with Crippen molar-refractivity contribution in [3.63, 3.8) is 0 Å². The highest BCUT2D eigenvalue weighted by molar-refractivity contribution is 9.10. The van der Waals surface area contributed by atoms with Crippen molar-refractivity contribution in [2.75, 3.05) is 11.9 Å². The van der Waals surface area contributed by atoms with E-state index in [0.717, 1.165) is 15.7 Å². The number of benzene rings is 2. The van der Waals surface area contributed by atoms with E-state index in [1.807, 2.05) is 62.1 Å². The molecule has 6 nitrogen and oxygen atoms in total. The van der Waals surface area contributed by atoms with Crippen molar-refractivity contribution in [3.05, 3.63) is 68.7 Å². The second-order valence-corrected chi connectivity index (χ2v) is 7.60. The van der Waals surface area contributed by atoms with E-state index >= 15 is 0 Å². The maximum Gasteiger partial charge on any atom is 0.258 e. The fraction of sp³-hybridized carbons (Fsp3) is 0.286. The van der Waals surface area contributed by atoms with Gasteiger partial charge in [-0.2, -0.15) is 0 Å². The van der Waals surface area contributed by atoms with Crippen molar-refractivity contribution in [1.29, 1.82) is 0 Å². The van der Waals surface area contributed by atoms with Crippen LogP contribution in [0.3, 0.4) is 0 Å². The number of aryl methyl sites for hydroxylation is 1. The summed E-state index contributed by atoms with van der Waals surface area (Å²) in [7, 11) is 0. The largest absolute Gasteiger partial charge is 0.324 e. The van der Waals surface area contributed by atoms with E-state index in [-0.39, 0.29) is 11.5 Å². The molecule has 2 N–H and O–H groups in total. The minimum Gasteiger partial charge on any atom is -0.324 e. The molecule has 1 heterocycles. The third-order valence-electron chi connectivity index (χ3n) is 4.73. The Bertz CT molecular complexity index is 1060. The third kappa shape index (κ3) is 4.48. The van der Waals surface area contributed by atoms with Crippen molar-refractivity contribution in [3.8, 4) is 0 Å². The molecule has 2 aromatic carbocycles. The highest BCUT2D eigenvalue weighted by Gasteiger charge is 2.22. The lowest BCUT2D eigenvalue weighted by molar-refractivity contribution is -0.120. The normalized spacial score (nSPS) is 12.3. The van der Waals surface area contributed by atoms with Crippen LogP contribution < -0.4 is 10.9 Å². The number of likely N-dealkylation sites (N-methyl/N-ethyl adjacent to an activating group) is 1. The smallest absolute Gasteiger partial charge is 0.258 e. The Hall–Kier alpha value is -2.51. The van der Waals surface area contributed by atoms with Gasteiger partial charge in [0.1, 0.15) is 5.82 Å². The zero-order chi connectivity index (χ0) is 20.3. The standard InChI is InChI=1S/C21H23BrN4O2/c1-4-26(12-19-23-17-8-6-5-7-15(17)21(28)25-19)14(3)20(27)24-18-10-9-13(2)11-16(18)22/h5-11,14H,4,12H2,1-3H3,(H,24,27)(H,23,25,28). The monoisotopic (exact) mass is 442 g/mol. The number of carbonyl (C=O) groups excluding carboxylic acids is 1. The molecule has 0 fully saturated rings. The molecule has 1 unspecified atom stereocenters. The number of hydrogen-bond acceptors (Lipinski definition) is 4. The van der Waals surface area contributed by atoms with Gasteiger partial charge < -0.3 is 10.3 Å². The summed E-state index contributed by atoms with van der Waals surface area (Å²) in [6, 6.07) is 12.6. The SMILES string of the molecule is CCN(Cc1nc2ccccc2c(=O)[nH]1)C(C)C(=O)Nc1ccc(C)cc1Br. The molecule has 1 atom stereocenters. The van der Waals surface area contributed by atoms with Gasteiger partial charge in [0.25, 0.3) is 5.56 Å². The Morgan fingerprint density at radius 3 is 2.75 bits per heavy atom. The lowest BCUT2D eigenvalue weighted by Gasteiger charge is -2.26. The number of rotatable bonds is 6. The summed E-state index contributed by atoms with van der Waals surface area (Å²) in [5, 5.41) is 3.52. The molecule has 1 amide bonds. The van der Waals surface area contributed by atoms with Crippen LogP contribution in [0.5, 0.6) is 0 Å². The van der Waals surface area contributed by atoms with Gasteiger partial charge >= 0.3 is 0 Å². The Morgan fingerprint density at radius 1 is 1.29 bits per heavy atom. The summed E-state index contributed by atoms with van der Waals surface area (Å²) < 4.78 is 0.844. The van der Waals surface area contributed by atoms with Gasteiger partial charge in [0.2, 0.25) is 5.91 Å². The molecule has 7 heteroatoms. The Labute approximate surface area is 172 Å². The average molecular weight is 443 g/mol. The number of amides is 1. The van der Waals surface area contributed by atoms with Crippen LogP contribution in [0, 0.1) is 6.92 Å². The second kappa shape index (κ2) is 8.67. The van der Waals surface area contributed by atoms with E-state index < -0.39 is 6.04 Å². The predicted octanol–water partition coefficient (Wildman–Crippen LogP) is 3.84. The van der Waals surface area contributed by atoms with Crippen LogP contribution in [-0.2, 0) is 11.3 Å². The van der Waals surface area contributed by atoms with Crippen LogP contribution in [0.1, 0.15) is 25.2 Å². The van der Waals surface area contributed by atoms with Crippen LogP contribution in [0.15, 0.2) is 51.7 Å². The van der Waals surface area contributed by atoms with Gasteiger partial charge in [-0.1, -0.05) is 25.1 Å². The molecule has 0 saturated carbocycles. The van der Waals surface area contributed by atoms with Gasteiger partial charge in [-0.3, -0.25) is 14.5 Å². The number of nitrogens with one attached hydrogen (secondary N) is 2. The van der Waals surface area contributed by atoms with E-state index in [1.165, 1.54) is 0 Å². The maximum absolute atomic E-state index is 12.8. The molecule has 0 saturated heterocycles. The Kier molecular flexibility index (Phi) is 6.26. The van der Waals surface area contributed by atoms with Gasteiger partial charge in [-0.15, -0.1) is 0 Å². The zero-order valence-corrected chi connectivity index (χ0v) is 17.7. The molecule has 1 aromatic heterocycles. The van der Waals surface area contributed by atoms with Crippen molar-refractivity contribution in [1.82, 2.24) is 14.9 Å². The lowest BCUT2D eigenvalue weighted by Crippen LogP contribution is -2.42. The summed E-state index contributed by atoms with van der Waals surface area (Å²) in [6.45, 7) is 6.83. The molecule has 0 spiro atoms. The topological polar surface area (TPSA) is 78.1 Å². The first-order valence-corrected chi connectivity index (χ1v) is 9.97. The van der Waals surface area contributed by atoms with E-state index in [2.05, 4.69) is 31.2 Å². The highest BCUT2D eigenvalue weighted by Crippen LogP contribution is 2.24. The molecule has 3 aromatic rings. The fourth-order valence-corrected chi connectivity index (χ4v) is 3.64. The molecular weight excluding hydrogens is 420 g/mol. The molecule has 0 radical (unpaired) electrons. The summed E-state index contributed by atoms with van der Waals surface area (Å²) >= 11 is 3.49. The maximum atomic E-state index is 12.8. The molecular formula is C21H23BrN4O2. The van der Waals surface area contributed by atoms with Crippen molar-refractivity contribution in [2.45, 2.75) is 33.4 Å². The summed E-state index contributed by atoms with van der Waals surface area (Å²) in [5.74, 6) is 0.427. The van der Waals surface area contributed by atoms with E-state index in [4.69, 9.17) is 0 Å². The summed E-state index contributed by atoms with van der Waals surface area (Å²) in [6.07, 6.45) is 0. The van der Waals surface area contributed by atoms with E-state index in [9.17, 15) is 9.59 Å². The van der Waals surface area contributed by atoms with Crippen LogP contribution in [0.2, 0.25) is 0 Å². The zero-order valence-electron chi connectivity index (χ0n) is 16.1. The Morgan fingerprint density at radius 2 is 2.04 bits per heavy atom. The molecule has 146 valence electrons. The number of aromatic nitrogens is 2. The van der Waals surface area contributed by atoms with E-state index in [1.54, 1.807) is 6.07 Å². The number of aromatic amines is 1. The van der Waals surface area contributed by atoms with Gasteiger partial charge in [0.05, 0.1) is 29.2 Å². The van der Waals surface area contributed by atoms with Gasteiger partial charge in [0.15, 0.2) is 0 Å². The van der Waals surface area contributed by atoms with Crippen LogP contribution >= 0.6 is 15.9 Å². The van der Waals surface area contributed by atoms with Crippen LogP contribution in [0.4, 0.5) is 5.69 Å². The van der Waals surface area contributed by atoms with Gasteiger partial charge in [-0.25, -0.2) is 4.98 Å². The predicted molar refractivity (Wildman–Crippen MR) is 115 cm³/mol.